The van der Waals surface area contributed by atoms with Gasteiger partial charge in [-0.1, -0.05) is 37.2 Å². The second kappa shape index (κ2) is 5.25. The highest BCUT2D eigenvalue weighted by Crippen LogP contribution is 2.31. The largest absolute Gasteiger partial charge is 0.493 e. The number of nitrogens with two attached hydrogens (primary N) is 1. The zero-order valence-corrected chi connectivity index (χ0v) is 11.7. The van der Waals surface area contributed by atoms with E-state index >= 15 is 0 Å². The van der Waals surface area contributed by atoms with Crippen LogP contribution >= 0.6 is 0 Å². The Morgan fingerprint density at radius 1 is 1.30 bits per heavy atom. The first-order valence-corrected chi connectivity index (χ1v) is 6.95. The summed E-state index contributed by atoms with van der Waals surface area (Å²) in [5.74, 6) is 2.54. The molecule has 1 aliphatic rings. The molecule has 0 saturated heterocycles. The fourth-order valence-corrected chi connectivity index (χ4v) is 2.33. The van der Waals surface area contributed by atoms with Gasteiger partial charge in [0, 0.05) is 0 Å². The monoisotopic (exact) mass is 273 g/mol. The van der Waals surface area contributed by atoms with Crippen molar-refractivity contribution < 1.29 is 9.26 Å². The third kappa shape index (κ3) is 2.41. The molecular weight excluding hydrogens is 254 g/mol. The molecule has 2 unspecified atom stereocenters. The van der Waals surface area contributed by atoms with Crippen LogP contribution in [0.2, 0.25) is 0 Å². The van der Waals surface area contributed by atoms with Crippen LogP contribution in [0.25, 0.3) is 0 Å². The van der Waals surface area contributed by atoms with Crippen LogP contribution in [0.5, 0.6) is 5.75 Å². The van der Waals surface area contributed by atoms with Crippen LogP contribution < -0.4 is 10.5 Å². The van der Waals surface area contributed by atoms with Crippen molar-refractivity contribution in [2.45, 2.75) is 32.2 Å². The fraction of sp³-hybridized carbons (Fsp3) is 0.467. The van der Waals surface area contributed by atoms with Gasteiger partial charge in [-0.05, 0) is 24.0 Å². The molecule has 2 N–H and O–H groups in total. The summed E-state index contributed by atoms with van der Waals surface area (Å²) in [6.45, 7) is 4.65. The molecule has 0 saturated carbocycles. The highest BCUT2D eigenvalue weighted by molar-refractivity contribution is 5.36. The van der Waals surface area contributed by atoms with Gasteiger partial charge in [-0.2, -0.15) is 4.98 Å². The minimum absolute atomic E-state index is 0.127. The number of aromatic nitrogens is 2. The zero-order chi connectivity index (χ0) is 14.1. The Balaban J connectivity index is 1.78. The third-order valence-electron chi connectivity index (χ3n) is 3.70. The van der Waals surface area contributed by atoms with Crippen LogP contribution in [-0.2, 0) is 6.42 Å². The van der Waals surface area contributed by atoms with Crippen LogP contribution in [0.15, 0.2) is 28.8 Å². The molecule has 1 aliphatic heterocycles. The number of para-hydroxylation sites is 1. The molecule has 20 heavy (non-hydrogen) atoms. The highest BCUT2D eigenvalue weighted by Gasteiger charge is 2.27. The summed E-state index contributed by atoms with van der Waals surface area (Å²) in [7, 11) is 0. The van der Waals surface area contributed by atoms with E-state index in [1.807, 2.05) is 32.0 Å². The Morgan fingerprint density at radius 2 is 2.10 bits per heavy atom. The number of hydrogen-bond acceptors (Lipinski definition) is 5. The van der Waals surface area contributed by atoms with Gasteiger partial charge in [-0.15, -0.1) is 0 Å². The highest BCUT2D eigenvalue weighted by atomic mass is 16.5. The molecule has 2 heterocycles. The number of benzene rings is 1. The summed E-state index contributed by atoms with van der Waals surface area (Å²) in [6.07, 6.45) is 0.867. The minimum atomic E-state index is -0.215. The maximum Gasteiger partial charge on any atom is 0.243 e. The molecule has 106 valence electrons. The Morgan fingerprint density at radius 3 is 2.90 bits per heavy atom. The fourth-order valence-electron chi connectivity index (χ4n) is 2.33. The quantitative estimate of drug-likeness (QED) is 0.929. The van der Waals surface area contributed by atoms with E-state index in [1.165, 1.54) is 5.56 Å². The molecule has 3 rings (SSSR count). The number of rotatable bonds is 3. The summed E-state index contributed by atoms with van der Waals surface area (Å²) in [6, 6.07) is 7.84. The minimum Gasteiger partial charge on any atom is -0.493 e. The van der Waals surface area contributed by atoms with E-state index < -0.39 is 0 Å². The first kappa shape index (κ1) is 13.1. The van der Waals surface area contributed by atoms with Crippen molar-refractivity contribution in [3.8, 4) is 5.75 Å². The average Bonchev–Trinajstić information content (AvgIpc) is 2.95. The van der Waals surface area contributed by atoms with Gasteiger partial charge < -0.3 is 15.0 Å². The first-order chi connectivity index (χ1) is 9.65. The van der Waals surface area contributed by atoms with E-state index in [9.17, 15) is 0 Å². The normalized spacial score (nSPS) is 19.5. The zero-order valence-electron chi connectivity index (χ0n) is 11.7. The number of nitrogens with zero attached hydrogens (tertiary/aromatic N) is 2. The van der Waals surface area contributed by atoms with Crippen molar-refractivity contribution in [2.24, 2.45) is 11.7 Å². The summed E-state index contributed by atoms with van der Waals surface area (Å²) >= 11 is 0. The lowest BCUT2D eigenvalue weighted by Gasteiger charge is -2.22. The van der Waals surface area contributed by atoms with Gasteiger partial charge in [-0.25, -0.2) is 0 Å². The molecule has 0 spiro atoms. The van der Waals surface area contributed by atoms with Crippen LogP contribution in [0.3, 0.4) is 0 Å². The van der Waals surface area contributed by atoms with E-state index in [-0.39, 0.29) is 17.9 Å². The number of fused-ring (bicyclic) bond motifs is 1. The smallest absolute Gasteiger partial charge is 0.243 e. The van der Waals surface area contributed by atoms with E-state index in [2.05, 4.69) is 16.2 Å². The van der Waals surface area contributed by atoms with Gasteiger partial charge in [0.25, 0.3) is 0 Å². The maximum absolute atomic E-state index is 6.03. The summed E-state index contributed by atoms with van der Waals surface area (Å²) < 4.78 is 11.0. The molecule has 0 aliphatic carbocycles. The van der Waals surface area contributed by atoms with Crippen molar-refractivity contribution >= 4 is 0 Å². The van der Waals surface area contributed by atoms with E-state index in [4.69, 9.17) is 15.0 Å². The van der Waals surface area contributed by atoms with Gasteiger partial charge in [-0.3, -0.25) is 0 Å². The SMILES string of the molecule is CC(C)C(N)c1nc(C2COc3ccccc3C2)no1. The Bertz CT molecular complexity index is 594. The molecular formula is C15H19N3O2. The van der Waals surface area contributed by atoms with Crippen LogP contribution in [-0.4, -0.2) is 16.7 Å². The van der Waals surface area contributed by atoms with Crippen molar-refractivity contribution in [3.63, 3.8) is 0 Å². The summed E-state index contributed by atoms with van der Waals surface area (Å²) in [4.78, 5) is 4.45. The molecule has 0 amide bonds. The number of hydrogen-bond donors (Lipinski definition) is 1. The van der Waals surface area contributed by atoms with E-state index in [0.29, 0.717) is 18.3 Å². The van der Waals surface area contributed by atoms with Gasteiger partial charge in [0.15, 0.2) is 5.82 Å². The molecule has 0 fully saturated rings. The average molecular weight is 273 g/mol. The second-order valence-corrected chi connectivity index (χ2v) is 5.58. The Labute approximate surface area is 118 Å². The van der Waals surface area contributed by atoms with E-state index in [1.54, 1.807) is 0 Å². The van der Waals surface area contributed by atoms with Gasteiger partial charge >= 0.3 is 0 Å². The lowest BCUT2D eigenvalue weighted by Crippen LogP contribution is -2.21. The van der Waals surface area contributed by atoms with Crippen molar-refractivity contribution in [1.29, 1.82) is 0 Å². The van der Waals surface area contributed by atoms with Gasteiger partial charge in [0.2, 0.25) is 5.89 Å². The van der Waals surface area contributed by atoms with Crippen molar-refractivity contribution in [1.82, 2.24) is 10.1 Å². The molecule has 5 heteroatoms. The lowest BCUT2D eigenvalue weighted by atomic mass is 9.96. The molecule has 1 aromatic carbocycles. The van der Waals surface area contributed by atoms with Gasteiger partial charge in [0.1, 0.15) is 5.75 Å². The predicted octanol–water partition coefficient (Wildman–Crippen LogP) is 2.44. The van der Waals surface area contributed by atoms with Crippen molar-refractivity contribution in [3.05, 3.63) is 41.5 Å². The molecule has 0 bridgehead atoms. The molecule has 2 atom stereocenters. The predicted molar refractivity (Wildman–Crippen MR) is 74.4 cm³/mol. The maximum atomic E-state index is 6.03. The molecule has 1 aromatic heterocycles. The summed E-state index contributed by atoms with van der Waals surface area (Å²) in [5.41, 5.74) is 7.21. The van der Waals surface area contributed by atoms with Crippen molar-refractivity contribution in [2.75, 3.05) is 6.61 Å². The standard InChI is InChI=1S/C15H19N3O2/c1-9(2)13(16)15-17-14(18-20-15)11-7-10-5-3-4-6-12(10)19-8-11/h3-6,9,11,13H,7-8,16H2,1-2H3. The van der Waals surface area contributed by atoms with E-state index in [0.717, 1.165) is 12.2 Å². The molecule has 0 radical (unpaired) electrons. The Hall–Kier alpha value is -1.88. The number of ether oxygens (including phenoxy) is 1. The first-order valence-electron chi connectivity index (χ1n) is 6.95. The molecule has 5 nitrogen and oxygen atoms in total. The Kier molecular flexibility index (Phi) is 3.44. The summed E-state index contributed by atoms with van der Waals surface area (Å²) in [5, 5.41) is 4.07. The van der Waals surface area contributed by atoms with Crippen LogP contribution in [0.4, 0.5) is 0 Å². The second-order valence-electron chi connectivity index (χ2n) is 5.58. The van der Waals surface area contributed by atoms with Crippen LogP contribution in [0, 0.1) is 5.92 Å². The lowest BCUT2D eigenvalue weighted by molar-refractivity contribution is 0.253. The van der Waals surface area contributed by atoms with Gasteiger partial charge in [0.05, 0.1) is 18.6 Å². The molecule has 2 aromatic rings. The van der Waals surface area contributed by atoms with Crippen LogP contribution in [0.1, 0.15) is 43.1 Å². The third-order valence-corrected chi connectivity index (χ3v) is 3.70. The topological polar surface area (TPSA) is 74.2 Å².